The number of piperazine rings is 1. The molecule has 0 spiro atoms. The van der Waals surface area contributed by atoms with Crippen molar-refractivity contribution in [1.82, 2.24) is 20.0 Å². The van der Waals surface area contributed by atoms with Gasteiger partial charge in [0.05, 0.1) is 6.54 Å². The van der Waals surface area contributed by atoms with Crippen LogP contribution in [0.25, 0.3) is 0 Å². The lowest BCUT2D eigenvalue weighted by atomic mass is 10.0. The highest BCUT2D eigenvalue weighted by Crippen LogP contribution is 2.18. The van der Waals surface area contributed by atoms with Crippen LogP contribution >= 0.6 is 0 Å². The molecule has 2 heterocycles. The molecule has 0 radical (unpaired) electrons. The fraction of sp³-hybridized carbons (Fsp3) is 0.625. The summed E-state index contributed by atoms with van der Waals surface area (Å²) in [6.07, 6.45) is 3.79. The molecule has 170 valence electrons. The van der Waals surface area contributed by atoms with Crippen LogP contribution in [0.3, 0.4) is 0 Å². The predicted octanol–water partition coefficient (Wildman–Crippen LogP) is 2.05. The monoisotopic (exact) mass is 428 g/mol. The Morgan fingerprint density at radius 1 is 0.871 bits per heavy atom. The second kappa shape index (κ2) is 11.3. The van der Waals surface area contributed by atoms with Gasteiger partial charge < -0.3 is 15.1 Å². The van der Waals surface area contributed by atoms with E-state index in [4.69, 9.17) is 0 Å². The third kappa shape index (κ3) is 6.79. The lowest BCUT2D eigenvalue weighted by molar-refractivity contribution is -0.139. The average Bonchev–Trinajstić information content (AvgIpc) is 2.78. The SMILES string of the molecule is CC(C)CC(=O)NC(C(=O)N1CCN(CC(=O)N2CCCCC2)CC1)c1ccccc1. The van der Waals surface area contributed by atoms with Crippen molar-refractivity contribution in [2.45, 2.75) is 45.6 Å². The highest BCUT2D eigenvalue weighted by molar-refractivity contribution is 5.89. The predicted molar refractivity (Wildman–Crippen MR) is 120 cm³/mol. The topological polar surface area (TPSA) is 73.0 Å². The molecule has 1 atom stereocenters. The van der Waals surface area contributed by atoms with Crippen LogP contribution in [-0.4, -0.2) is 78.2 Å². The van der Waals surface area contributed by atoms with E-state index in [1.54, 1.807) is 0 Å². The maximum atomic E-state index is 13.3. The minimum absolute atomic E-state index is 0.0784. The van der Waals surface area contributed by atoms with Crippen LogP contribution in [0.2, 0.25) is 0 Å². The van der Waals surface area contributed by atoms with E-state index in [2.05, 4.69) is 10.2 Å². The van der Waals surface area contributed by atoms with E-state index in [1.165, 1.54) is 6.42 Å². The van der Waals surface area contributed by atoms with Crippen molar-refractivity contribution >= 4 is 17.7 Å². The fourth-order valence-corrected chi connectivity index (χ4v) is 4.27. The minimum atomic E-state index is -0.672. The van der Waals surface area contributed by atoms with Crippen molar-refractivity contribution in [3.05, 3.63) is 35.9 Å². The van der Waals surface area contributed by atoms with E-state index in [-0.39, 0.29) is 23.6 Å². The van der Waals surface area contributed by atoms with Crippen LogP contribution in [0.4, 0.5) is 0 Å². The average molecular weight is 429 g/mol. The molecule has 2 fully saturated rings. The van der Waals surface area contributed by atoms with Gasteiger partial charge in [0.25, 0.3) is 0 Å². The summed E-state index contributed by atoms with van der Waals surface area (Å²) in [6, 6.07) is 8.76. The van der Waals surface area contributed by atoms with E-state index < -0.39 is 6.04 Å². The van der Waals surface area contributed by atoms with Gasteiger partial charge in [0.15, 0.2) is 0 Å². The molecule has 0 aliphatic carbocycles. The summed E-state index contributed by atoms with van der Waals surface area (Å²) in [5.41, 5.74) is 0.798. The van der Waals surface area contributed by atoms with Gasteiger partial charge >= 0.3 is 0 Å². The zero-order chi connectivity index (χ0) is 22.2. The van der Waals surface area contributed by atoms with Crippen LogP contribution in [0.1, 0.15) is 51.1 Å². The second-order valence-corrected chi connectivity index (χ2v) is 9.05. The highest BCUT2D eigenvalue weighted by atomic mass is 16.2. The Morgan fingerprint density at radius 2 is 1.52 bits per heavy atom. The Kier molecular flexibility index (Phi) is 8.46. The number of hydrogen-bond donors (Lipinski definition) is 1. The number of nitrogens with one attached hydrogen (secondary N) is 1. The number of piperidine rings is 1. The Morgan fingerprint density at radius 3 is 2.13 bits per heavy atom. The molecular formula is C24H36N4O3. The molecule has 1 aromatic rings. The molecule has 2 aliphatic rings. The van der Waals surface area contributed by atoms with E-state index in [9.17, 15) is 14.4 Å². The minimum Gasteiger partial charge on any atom is -0.342 e. The number of nitrogens with zero attached hydrogens (tertiary/aromatic N) is 3. The number of benzene rings is 1. The summed E-state index contributed by atoms with van der Waals surface area (Å²) in [6.45, 7) is 8.62. The first-order valence-electron chi connectivity index (χ1n) is 11.6. The van der Waals surface area contributed by atoms with Gasteiger partial charge in [0.1, 0.15) is 6.04 Å². The van der Waals surface area contributed by atoms with Crippen molar-refractivity contribution in [1.29, 1.82) is 0 Å². The fourth-order valence-electron chi connectivity index (χ4n) is 4.27. The quantitative estimate of drug-likeness (QED) is 0.721. The lowest BCUT2D eigenvalue weighted by Gasteiger charge is -2.37. The van der Waals surface area contributed by atoms with Crippen LogP contribution in [0.5, 0.6) is 0 Å². The first-order valence-corrected chi connectivity index (χ1v) is 11.6. The molecule has 1 N–H and O–H groups in total. The van der Waals surface area contributed by atoms with Gasteiger partial charge in [-0.1, -0.05) is 44.2 Å². The Hall–Kier alpha value is -2.41. The van der Waals surface area contributed by atoms with Gasteiger partial charge in [0.2, 0.25) is 17.7 Å². The highest BCUT2D eigenvalue weighted by Gasteiger charge is 2.30. The Labute approximate surface area is 185 Å². The van der Waals surface area contributed by atoms with Gasteiger partial charge in [-0.15, -0.1) is 0 Å². The smallest absolute Gasteiger partial charge is 0.249 e. The zero-order valence-corrected chi connectivity index (χ0v) is 18.9. The third-order valence-electron chi connectivity index (χ3n) is 6.03. The standard InChI is InChI=1S/C24H36N4O3/c1-19(2)17-21(29)25-23(20-9-5-3-6-10-20)24(31)28-15-13-26(14-16-28)18-22(30)27-11-7-4-8-12-27/h3,5-6,9-10,19,23H,4,7-8,11-18H2,1-2H3,(H,25,29). The molecule has 7 heteroatoms. The molecule has 7 nitrogen and oxygen atoms in total. The van der Waals surface area contributed by atoms with Crippen molar-refractivity contribution in [2.24, 2.45) is 5.92 Å². The molecule has 2 saturated heterocycles. The molecular weight excluding hydrogens is 392 g/mol. The van der Waals surface area contributed by atoms with Gasteiger partial charge in [-0.05, 0) is 30.7 Å². The van der Waals surface area contributed by atoms with E-state index in [1.807, 2.05) is 54.0 Å². The molecule has 0 aromatic heterocycles. The Balaban J connectivity index is 1.57. The zero-order valence-electron chi connectivity index (χ0n) is 18.9. The summed E-state index contributed by atoms with van der Waals surface area (Å²) < 4.78 is 0. The van der Waals surface area contributed by atoms with Crippen LogP contribution < -0.4 is 5.32 Å². The van der Waals surface area contributed by atoms with Crippen LogP contribution in [-0.2, 0) is 14.4 Å². The maximum Gasteiger partial charge on any atom is 0.249 e. The van der Waals surface area contributed by atoms with Crippen LogP contribution in [0, 0.1) is 5.92 Å². The molecule has 0 bridgehead atoms. The lowest BCUT2D eigenvalue weighted by Crippen LogP contribution is -2.54. The number of likely N-dealkylation sites (tertiary alicyclic amines) is 1. The van der Waals surface area contributed by atoms with Crippen molar-refractivity contribution < 1.29 is 14.4 Å². The maximum absolute atomic E-state index is 13.3. The first-order chi connectivity index (χ1) is 14.9. The molecule has 1 unspecified atom stereocenters. The van der Waals surface area contributed by atoms with Gasteiger partial charge in [-0.3, -0.25) is 19.3 Å². The summed E-state index contributed by atoms with van der Waals surface area (Å²) in [7, 11) is 0. The summed E-state index contributed by atoms with van der Waals surface area (Å²) in [5, 5.41) is 2.94. The number of rotatable bonds is 7. The molecule has 3 amide bonds. The summed E-state index contributed by atoms with van der Waals surface area (Å²) in [4.78, 5) is 44.2. The van der Waals surface area contributed by atoms with Crippen molar-refractivity contribution in [3.8, 4) is 0 Å². The molecule has 2 aliphatic heterocycles. The molecule has 31 heavy (non-hydrogen) atoms. The van der Waals surface area contributed by atoms with E-state index in [0.717, 1.165) is 31.5 Å². The van der Waals surface area contributed by atoms with Crippen molar-refractivity contribution in [3.63, 3.8) is 0 Å². The van der Waals surface area contributed by atoms with E-state index >= 15 is 0 Å². The summed E-state index contributed by atoms with van der Waals surface area (Å²) >= 11 is 0. The normalized spacial score (nSPS) is 18.7. The van der Waals surface area contributed by atoms with Gasteiger partial charge in [-0.25, -0.2) is 0 Å². The number of amides is 3. The molecule has 3 rings (SSSR count). The molecule has 0 saturated carbocycles. The van der Waals surface area contributed by atoms with Crippen LogP contribution in [0.15, 0.2) is 30.3 Å². The number of hydrogen-bond acceptors (Lipinski definition) is 4. The molecule has 1 aromatic carbocycles. The first kappa shape index (κ1) is 23.3. The van der Waals surface area contributed by atoms with E-state index in [0.29, 0.717) is 39.1 Å². The van der Waals surface area contributed by atoms with Crippen molar-refractivity contribution in [2.75, 3.05) is 45.8 Å². The number of carbonyl (C=O) groups is 3. The largest absolute Gasteiger partial charge is 0.342 e. The number of carbonyl (C=O) groups excluding carboxylic acids is 3. The van der Waals surface area contributed by atoms with Gasteiger partial charge in [-0.2, -0.15) is 0 Å². The van der Waals surface area contributed by atoms with Gasteiger partial charge in [0, 0.05) is 45.7 Å². The Bertz CT molecular complexity index is 738. The third-order valence-corrected chi connectivity index (χ3v) is 6.03. The second-order valence-electron chi connectivity index (χ2n) is 9.05. The summed E-state index contributed by atoms with van der Waals surface area (Å²) in [5.74, 6) is 0.239.